The highest BCUT2D eigenvalue weighted by Crippen LogP contribution is 2.23. The van der Waals surface area contributed by atoms with Crippen molar-refractivity contribution >= 4 is 23.6 Å². The maximum Gasteiger partial charge on any atom is 0.331 e. The Kier molecular flexibility index (Phi) is 6.75. The third-order valence-electron chi connectivity index (χ3n) is 4.53. The first kappa shape index (κ1) is 21.0. The molecule has 0 aromatic heterocycles. The van der Waals surface area contributed by atoms with Gasteiger partial charge in [-0.1, -0.05) is 60.7 Å². The first-order valence-corrected chi connectivity index (χ1v) is 9.50. The Morgan fingerprint density at radius 2 is 1.67 bits per heavy atom. The Bertz CT molecular complexity index is 1080. The summed E-state index contributed by atoms with van der Waals surface area (Å²) >= 11 is 0. The monoisotopic (exact) mass is 403 g/mol. The summed E-state index contributed by atoms with van der Waals surface area (Å²) in [5.74, 6) is -1.67. The molecule has 0 aliphatic carbocycles. The fourth-order valence-corrected chi connectivity index (χ4v) is 2.89. The molecule has 0 spiro atoms. The van der Waals surface area contributed by atoms with Gasteiger partial charge >= 0.3 is 5.97 Å². The standard InChI is InChI=1S/C25H22FNO3/c1-17-12-13-18(2)22(16-17)27-25(29)24(20-9-4-3-5-10-20)30-23(28)15-14-19-8-6-7-11-21(19)26/h3-16,24H,1-2H3,(H,27,29)/b15-14+/t24-/m1/s1. The van der Waals surface area contributed by atoms with E-state index in [0.717, 1.165) is 17.2 Å². The molecule has 152 valence electrons. The van der Waals surface area contributed by atoms with Gasteiger partial charge in [0.05, 0.1) is 0 Å². The lowest BCUT2D eigenvalue weighted by Gasteiger charge is -2.18. The second-order valence-corrected chi connectivity index (χ2v) is 6.89. The molecular formula is C25H22FNO3. The minimum atomic E-state index is -1.15. The molecule has 0 saturated heterocycles. The number of nitrogens with one attached hydrogen (secondary N) is 1. The third kappa shape index (κ3) is 5.41. The SMILES string of the molecule is Cc1ccc(C)c(NC(=O)[C@H](OC(=O)/C=C/c2ccccc2F)c2ccccc2)c1. The van der Waals surface area contributed by atoms with E-state index in [1.165, 1.54) is 12.1 Å². The fraction of sp³-hybridized carbons (Fsp3) is 0.120. The van der Waals surface area contributed by atoms with Crippen molar-refractivity contribution in [2.75, 3.05) is 5.32 Å². The van der Waals surface area contributed by atoms with E-state index in [1.54, 1.807) is 42.5 Å². The number of ether oxygens (including phenoxy) is 1. The number of anilines is 1. The normalized spacial score (nSPS) is 11.8. The van der Waals surface area contributed by atoms with E-state index in [4.69, 9.17) is 4.74 Å². The van der Waals surface area contributed by atoms with Gasteiger partial charge in [0.1, 0.15) is 5.82 Å². The maximum absolute atomic E-state index is 13.7. The van der Waals surface area contributed by atoms with Crippen LogP contribution >= 0.6 is 0 Å². The quantitative estimate of drug-likeness (QED) is 0.444. The third-order valence-corrected chi connectivity index (χ3v) is 4.53. The summed E-state index contributed by atoms with van der Waals surface area (Å²) in [6, 6.07) is 20.5. The first-order valence-electron chi connectivity index (χ1n) is 9.50. The Morgan fingerprint density at radius 1 is 0.967 bits per heavy atom. The smallest absolute Gasteiger partial charge is 0.331 e. The number of hydrogen-bond acceptors (Lipinski definition) is 3. The maximum atomic E-state index is 13.7. The molecule has 30 heavy (non-hydrogen) atoms. The van der Waals surface area contributed by atoms with Crippen LogP contribution in [0.4, 0.5) is 10.1 Å². The van der Waals surface area contributed by atoms with Gasteiger partial charge in [-0.15, -0.1) is 0 Å². The Morgan fingerprint density at radius 3 is 2.40 bits per heavy atom. The number of rotatable bonds is 6. The van der Waals surface area contributed by atoms with Gasteiger partial charge in [0.2, 0.25) is 6.10 Å². The molecule has 5 heteroatoms. The Balaban J connectivity index is 1.81. The molecule has 0 saturated carbocycles. The van der Waals surface area contributed by atoms with Crippen LogP contribution in [0.25, 0.3) is 6.08 Å². The zero-order valence-electron chi connectivity index (χ0n) is 16.8. The number of carbonyl (C=O) groups is 2. The van der Waals surface area contributed by atoms with E-state index in [1.807, 2.05) is 38.1 Å². The van der Waals surface area contributed by atoms with E-state index < -0.39 is 23.8 Å². The number of carbonyl (C=O) groups excluding carboxylic acids is 2. The highest BCUT2D eigenvalue weighted by molar-refractivity contribution is 5.98. The van der Waals surface area contributed by atoms with Gasteiger partial charge in [-0.05, 0) is 43.2 Å². The van der Waals surface area contributed by atoms with Crippen LogP contribution in [-0.4, -0.2) is 11.9 Å². The molecule has 1 atom stereocenters. The average molecular weight is 403 g/mol. The zero-order chi connectivity index (χ0) is 21.5. The first-order chi connectivity index (χ1) is 14.4. The summed E-state index contributed by atoms with van der Waals surface area (Å²) in [6.07, 6.45) is 1.28. The summed E-state index contributed by atoms with van der Waals surface area (Å²) in [4.78, 5) is 25.3. The van der Waals surface area contributed by atoms with Crippen molar-refractivity contribution in [1.82, 2.24) is 0 Å². The lowest BCUT2D eigenvalue weighted by Crippen LogP contribution is -2.25. The van der Waals surface area contributed by atoms with Gasteiger partial charge in [-0.25, -0.2) is 9.18 Å². The lowest BCUT2D eigenvalue weighted by atomic mass is 10.1. The van der Waals surface area contributed by atoms with Gasteiger partial charge in [-0.3, -0.25) is 4.79 Å². The Labute approximate surface area is 175 Å². The summed E-state index contributed by atoms with van der Waals surface area (Å²) in [5.41, 5.74) is 3.33. The van der Waals surface area contributed by atoms with Crippen LogP contribution in [0.15, 0.2) is 78.9 Å². The fourth-order valence-electron chi connectivity index (χ4n) is 2.89. The van der Waals surface area contributed by atoms with Crippen LogP contribution in [0.5, 0.6) is 0 Å². The van der Waals surface area contributed by atoms with Crippen LogP contribution in [0, 0.1) is 19.7 Å². The summed E-state index contributed by atoms with van der Waals surface area (Å²) < 4.78 is 19.2. The van der Waals surface area contributed by atoms with Crippen LogP contribution in [0.1, 0.15) is 28.4 Å². The highest BCUT2D eigenvalue weighted by Gasteiger charge is 2.24. The average Bonchev–Trinajstić information content (AvgIpc) is 2.74. The van der Waals surface area contributed by atoms with Gasteiger partial charge in [0.15, 0.2) is 0 Å². The number of aryl methyl sites for hydroxylation is 2. The number of halogens is 1. The van der Waals surface area contributed by atoms with Gasteiger partial charge in [0, 0.05) is 22.9 Å². The van der Waals surface area contributed by atoms with Gasteiger partial charge < -0.3 is 10.1 Å². The molecule has 0 fully saturated rings. The zero-order valence-corrected chi connectivity index (χ0v) is 16.8. The van der Waals surface area contributed by atoms with Crippen molar-refractivity contribution in [3.05, 3.63) is 107 Å². The molecule has 4 nitrogen and oxygen atoms in total. The second-order valence-electron chi connectivity index (χ2n) is 6.89. The van der Waals surface area contributed by atoms with Crippen LogP contribution in [-0.2, 0) is 14.3 Å². The van der Waals surface area contributed by atoms with Crippen LogP contribution in [0.3, 0.4) is 0 Å². The number of benzene rings is 3. The molecule has 3 aromatic carbocycles. The summed E-state index contributed by atoms with van der Waals surface area (Å²) in [5, 5.41) is 2.84. The second kappa shape index (κ2) is 9.65. The molecule has 1 amide bonds. The van der Waals surface area contributed by atoms with Crippen molar-refractivity contribution in [3.8, 4) is 0 Å². The molecule has 0 aliphatic rings. The molecule has 0 heterocycles. The van der Waals surface area contributed by atoms with Crippen molar-refractivity contribution in [3.63, 3.8) is 0 Å². The molecule has 0 aliphatic heterocycles. The van der Waals surface area contributed by atoms with Crippen molar-refractivity contribution in [2.45, 2.75) is 20.0 Å². The highest BCUT2D eigenvalue weighted by atomic mass is 19.1. The number of hydrogen-bond donors (Lipinski definition) is 1. The van der Waals surface area contributed by atoms with E-state index in [2.05, 4.69) is 5.32 Å². The van der Waals surface area contributed by atoms with E-state index in [9.17, 15) is 14.0 Å². The van der Waals surface area contributed by atoms with E-state index >= 15 is 0 Å². The topological polar surface area (TPSA) is 55.4 Å². The summed E-state index contributed by atoms with van der Waals surface area (Å²) in [7, 11) is 0. The predicted octanol–water partition coefficient (Wildman–Crippen LogP) is 5.38. The van der Waals surface area contributed by atoms with Crippen LogP contribution < -0.4 is 5.32 Å². The molecular weight excluding hydrogens is 381 g/mol. The van der Waals surface area contributed by atoms with Gasteiger partial charge in [0.25, 0.3) is 5.91 Å². The van der Waals surface area contributed by atoms with E-state index in [-0.39, 0.29) is 5.56 Å². The molecule has 0 unspecified atom stereocenters. The Hall–Kier alpha value is -3.73. The molecule has 3 rings (SSSR count). The number of amides is 1. The minimum Gasteiger partial charge on any atom is -0.444 e. The van der Waals surface area contributed by atoms with Crippen LogP contribution in [0.2, 0.25) is 0 Å². The van der Waals surface area contributed by atoms with Gasteiger partial charge in [-0.2, -0.15) is 0 Å². The molecule has 1 N–H and O–H groups in total. The lowest BCUT2D eigenvalue weighted by molar-refractivity contribution is -0.149. The van der Waals surface area contributed by atoms with Crippen molar-refractivity contribution < 1.29 is 18.7 Å². The molecule has 0 radical (unpaired) electrons. The summed E-state index contributed by atoms with van der Waals surface area (Å²) in [6.45, 7) is 3.81. The number of esters is 1. The van der Waals surface area contributed by atoms with Crippen molar-refractivity contribution in [1.29, 1.82) is 0 Å². The molecule has 3 aromatic rings. The minimum absolute atomic E-state index is 0.255. The molecule has 0 bridgehead atoms. The van der Waals surface area contributed by atoms with Crippen molar-refractivity contribution in [2.24, 2.45) is 0 Å². The van der Waals surface area contributed by atoms with E-state index in [0.29, 0.717) is 11.3 Å². The predicted molar refractivity (Wildman–Crippen MR) is 115 cm³/mol. The largest absolute Gasteiger partial charge is 0.444 e.